The van der Waals surface area contributed by atoms with Gasteiger partial charge in [-0.15, -0.1) is 0 Å². The minimum Gasteiger partial charge on any atom is -0.304 e. The Hall–Kier alpha value is -0.265. The van der Waals surface area contributed by atoms with Crippen molar-refractivity contribution >= 4 is 13.0 Å². The minimum absolute atomic E-state index is 0.530. The molecule has 0 radical (unpaired) electrons. The zero-order chi connectivity index (χ0) is 4.99. The summed E-state index contributed by atoms with van der Waals surface area (Å²) in [4.78, 5) is 9.62. The van der Waals surface area contributed by atoms with Crippen LogP contribution in [0.5, 0.6) is 0 Å². The second kappa shape index (κ2) is 2.95. The van der Waals surface area contributed by atoms with Crippen LogP contribution in [0.25, 0.3) is 0 Å². The lowest BCUT2D eigenvalue weighted by molar-refractivity contribution is -0.106. The molecular formula is C4H9BO. The molecule has 0 fully saturated rings. The Morgan fingerprint density at radius 2 is 2.17 bits per heavy atom. The second-order valence-electron chi connectivity index (χ2n) is 1.80. The van der Waals surface area contributed by atoms with Crippen LogP contribution < -0.4 is 0 Å². The molecular weight excluding hydrogens is 74.9 g/mol. The molecule has 0 bridgehead atoms. The molecule has 0 aliphatic rings. The molecule has 34 valence electrons. The summed E-state index contributed by atoms with van der Waals surface area (Å²) in [7, 11) is 0. The highest BCUT2D eigenvalue weighted by Gasteiger charge is 1.91. The molecule has 0 saturated heterocycles. The van der Waals surface area contributed by atoms with E-state index in [0.717, 1.165) is 6.29 Å². The van der Waals surface area contributed by atoms with Gasteiger partial charge in [-0.05, 0) is 6.32 Å². The van der Waals surface area contributed by atoms with Crippen molar-refractivity contribution in [2.75, 3.05) is 0 Å². The number of carbonyl (C=O) groups is 1. The fourth-order valence-electron chi connectivity index (χ4n) is 0.192. The van der Waals surface area contributed by atoms with Crippen molar-refractivity contribution in [1.82, 2.24) is 0 Å². The SMILES string of the molecule is CB(C)CC=O. The van der Waals surface area contributed by atoms with Gasteiger partial charge < -0.3 is 4.79 Å². The van der Waals surface area contributed by atoms with Crippen molar-refractivity contribution in [3.63, 3.8) is 0 Å². The predicted molar refractivity (Wildman–Crippen MR) is 28.4 cm³/mol. The first-order valence-electron chi connectivity index (χ1n) is 2.21. The maximum Gasteiger partial charge on any atom is 0.141 e. The largest absolute Gasteiger partial charge is 0.304 e. The van der Waals surface area contributed by atoms with Gasteiger partial charge >= 0.3 is 0 Å². The van der Waals surface area contributed by atoms with E-state index in [1.165, 1.54) is 0 Å². The molecule has 0 aliphatic carbocycles. The van der Waals surface area contributed by atoms with Crippen LogP contribution in [0.2, 0.25) is 20.0 Å². The van der Waals surface area contributed by atoms with Gasteiger partial charge in [-0.25, -0.2) is 0 Å². The highest BCUT2D eigenvalue weighted by atomic mass is 16.1. The summed E-state index contributed by atoms with van der Waals surface area (Å²) >= 11 is 0. The van der Waals surface area contributed by atoms with Gasteiger partial charge in [0, 0.05) is 0 Å². The third-order valence-corrected chi connectivity index (χ3v) is 0.568. The summed E-state index contributed by atoms with van der Waals surface area (Å²) in [6, 6.07) is 0. The van der Waals surface area contributed by atoms with Gasteiger partial charge in [0.05, 0.1) is 0 Å². The smallest absolute Gasteiger partial charge is 0.141 e. The number of hydrogen-bond acceptors (Lipinski definition) is 1. The molecule has 0 heterocycles. The van der Waals surface area contributed by atoms with Gasteiger partial charge in [0.25, 0.3) is 0 Å². The monoisotopic (exact) mass is 84.1 g/mol. The predicted octanol–water partition coefficient (Wildman–Crippen LogP) is 0.940. The molecule has 0 spiro atoms. The van der Waals surface area contributed by atoms with Gasteiger partial charge in [0.2, 0.25) is 0 Å². The van der Waals surface area contributed by atoms with Crippen molar-refractivity contribution in [3.05, 3.63) is 0 Å². The molecule has 0 rings (SSSR count). The Morgan fingerprint density at radius 3 is 2.17 bits per heavy atom. The zero-order valence-corrected chi connectivity index (χ0v) is 4.27. The van der Waals surface area contributed by atoms with Crippen molar-refractivity contribution < 1.29 is 4.79 Å². The molecule has 2 heteroatoms. The Morgan fingerprint density at radius 1 is 1.67 bits per heavy atom. The number of aldehydes is 1. The third-order valence-electron chi connectivity index (χ3n) is 0.568. The van der Waals surface area contributed by atoms with Crippen LogP contribution in [-0.4, -0.2) is 13.0 Å². The Balaban J connectivity index is 2.81. The van der Waals surface area contributed by atoms with Crippen molar-refractivity contribution in [2.24, 2.45) is 0 Å². The van der Waals surface area contributed by atoms with Crippen LogP contribution in [0.4, 0.5) is 0 Å². The average Bonchev–Trinajstić information content (AvgIpc) is 1.35. The van der Waals surface area contributed by atoms with E-state index in [1.807, 2.05) is 13.6 Å². The van der Waals surface area contributed by atoms with Crippen molar-refractivity contribution in [2.45, 2.75) is 20.0 Å². The first-order chi connectivity index (χ1) is 2.77. The van der Waals surface area contributed by atoms with Crippen molar-refractivity contribution in [3.8, 4) is 0 Å². The summed E-state index contributed by atoms with van der Waals surface area (Å²) in [6.07, 6.45) is 1.64. The number of rotatable bonds is 2. The number of hydrogen-bond donors (Lipinski definition) is 0. The van der Waals surface area contributed by atoms with Crippen LogP contribution in [0.3, 0.4) is 0 Å². The molecule has 0 N–H and O–H groups in total. The highest BCUT2D eigenvalue weighted by molar-refractivity contribution is 6.58. The molecule has 0 aromatic heterocycles. The Bertz CT molecular complexity index is 42.8. The van der Waals surface area contributed by atoms with E-state index in [-0.39, 0.29) is 0 Å². The van der Waals surface area contributed by atoms with E-state index in [1.54, 1.807) is 0 Å². The van der Waals surface area contributed by atoms with E-state index in [0.29, 0.717) is 13.0 Å². The topological polar surface area (TPSA) is 17.1 Å². The molecule has 0 unspecified atom stereocenters. The van der Waals surface area contributed by atoms with Crippen LogP contribution in [0.15, 0.2) is 0 Å². The van der Waals surface area contributed by atoms with Crippen molar-refractivity contribution in [1.29, 1.82) is 0 Å². The molecule has 0 aromatic rings. The maximum absolute atomic E-state index is 9.62. The van der Waals surface area contributed by atoms with E-state index >= 15 is 0 Å². The molecule has 0 aromatic carbocycles. The van der Waals surface area contributed by atoms with Crippen LogP contribution >= 0.6 is 0 Å². The zero-order valence-electron chi connectivity index (χ0n) is 4.27. The van der Waals surface area contributed by atoms with Gasteiger partial charge in [-0.3, -0.25) is 0 Å². The van der Waals surface area contributed by atoms with E-state index in [2.05, 4.69) is 0 Å². The third kappa shape index (κ3) is 3.73. The summed E-state index contributed by atoms with van der Waals surface area (Å²) < 4.78 is 0. The summed E-state index contributed by atoms with van der Waals surface area (Å²) in [5.41, 5.74) is 0. The quantitative estimate of drug-likeness (QED) is 0.359. The maximum atomic E-state index is 9.62. The van der Waals surface area contributed by atoms with E-state index in [9.17, 15) is 4.79 Å². The van der Waals surface area contributed by atoms with Crippen LogP contribution in [0.1, 0.15) is 0 Å². The van der Waals surface area contributed by atoms with Gasteiger partial charge in [0.15, 0.2) is 0 Å². The first kappa shape index (κ1) is 5.73. The summed E-state index contributed by atoms with van der Waals surface area (Å²) in [6.45, 7) is 4.57. The highest BCUT2D eigenvalue weighted by Crippen LogP contribution is 1.82. The fraction of sp³-hybridized carbons (Fsp3) is 0.750. The normalized spacial score (nSPS) is 7.67. The molecule has 0 amide bonds. The van der Waals surface area contributed by atoms with Gasteiger partial charge in [-0.1, -0.05) is 13.6 Å². The fourth-order valence-corrected chi connectivity index (χ4v) is 0.192. The number of carbonyl (C=O) groups excluding carboxylic acids is 1. The Kier molecular flexibility index (Phi) is 2.82. The van der Waals surface area contributed by atoms with Crippen LogP contribution in [0, 0.1) is 0 Å². The lowest BCUT2D eigenvalue weighted by Crippen LogP contribution is -1.97. The standard InChI is InChI=1S/C4H9BO/c1-5(2)3-4-6/h4H,3H2,1-2H3. The second-order valence-corrected chi connectivity index (χ2v) is 1.80. The van der Waals surface area contributed by atoms with E-state index in [4.69, 9.17) is 0 Å². The van der Waals surface area contributed by atoms with Crippen LogP contribution in [-0.2, 0) is 4.79 Å². The summed E-state index contributed by atoms with van der Waals surface area (Å²) in [5, 5.41) is 0. The van der Waals surface area contributed by atoms with E-state index < -0.39 is 0 Å². The molecule has 0 atom stereocenters. The lowest BCUT2D eigenvalue weighted by Gasteiger charge is -1.83. The van der Waals surface area contributed by atoms with Gasteiger partial charge in [-0.2, -0.15) is 0 Å². The lowest BCUT2D eigenvalue weighted by atomic mass is 9.53. The molecule has 0 aliphatic heterocycles. The minimum atomic E-state index is 0.530. The van der Waals surface area contributed by atoms with Gasteiger partial charge in [0.1, 0.15) is 13.0 Å². The Labute approximate surface area is 38.8 Å². The average molecular weight is 83.9 g/mol. The molecule has 0 saturated carbocycles. The first-order valence-corrected chi connectivity index (χ1v) is 2.21. The summed E-state index contributed by atoms with van der Waals surface area (Å²) in [5.74, 6) is 0. The molecule has 1 nitrogen and oxygen atoms in total. The molecule has 6 heavy (non-hydrogen) atoms.